The van der Waals surface area contributed by atoms with Crippen molar-refractivity contribution in [1.82, 2.24) is 20.2 Å². The standard InChI is InChI=1S/C16H12F3N5O3S/c1-8(16(26)20-11-3-2-10(17)13(18)14(11)19)27-12(25)6-24-22-15(21-23-24)9-4-5-28-7-9/h2-5,7-8H,6H2,1H3,(H,20,26)/t8-/m0/s1. The lowest BCUT2D eigenvalue weighted by Gasteiger charge is -2.13. The smallest absolute Gasteiger partial charge is 0.330 e. The molecule has 146 valence electrons. The van der Waals surface area contributed by atoms with Crippen LogP contribution in [0.1, 0.15) is 6.92 Å². The van der Waals surface area contributed by atoms with Crippen LogP contribution in [0, 0.1) is 17.5 Å². The highest BCUT2D eigenvalue weighted by atomic mass is 32.1. The topological polar surface area (TPSA) is 99.0 Å². The number of esters is 1. The number of carbonyl (C=O) groups excluding carboxylic acids is 2. The number of ether oxygens (including phenoxy) is 1. The molecule has 0 aliphatic heterocycles. The van der Waals surface area contributed by atoms with E-state index in [1.165, 1.54) is 18.3 Å². The molecule has 0 radical (unpaired) electrons. The third kappa shape index (κ3) is 4.34. The fourth-order valence-electron chi connectivity index (χ4n) is 2.08. The van der Waals surface area contributed by atoms with Crippen molar-refractivity contribution in [1.29, 1.82) is 0 Å². The summed E-state index contributed by atoms with van der Waals surface area (Å²) in [5.74, 6) is -6.11. The van der Waals surface area contributed by atoms with Gasteiger partial charge in [-0.3, -0.25) is 4.79 Å². The molecule has 2 heterocycles. The first-order chi connectivity index (χ1) is 13.3. The number of amides is 1. The van der Waals surface area contributed by atoms with Gasteiger partial charge in [-0.25, -0.2) is 18.0 Å². The molecule has 1 N–H and O–H groups in total. The maximum absolute atomic E-state index is 13.6. The molecule has 3 rings (SSSR count). The predicted molar refractivity (Wildman–Crippen MR) is 91.6 cm³/mol. The number of nitrogens with zero attached hydrogens (tertiary/aromatic N) is 4. The summed E-state index contributed by atoms with van der Waals surface area (Å²) in [7, 11) is 0. The maximum Gasteiger partial charge on any atom is 0.330 e. The van der Waals surface area contributed by atoms with Crippen molar-refractivity contribution in [3.8, 4) is 11.4 Å². The molecule has 1 atom stereocenters. The van der Waals surface area contributed by atoms with Gasteiger partial charge in [-0.2, -0.15) is 16.1 Å². The lowest BCUT2D eigenvalue weighted by Crippen LogP contribution is -2.31. The third-order valence-corrected chi connectivity index (χ3v) is 4.16. The minimum Gasteiger partial charge on any atom is -0.451 e. The van der Waals surface area contributed by atoms with Gasteiger partial charge in [0, 0.05) is 10.9 Å². The van der Waals surface area contributed by atoms with Crippen LogP contribution in [0.4, 0.5) is 18.9 Å². The van der Waals surface area contributed by atoms with Gasteiger partial charge in [-0.05, 0) is 35.7 Å². The molecule has 8 nitrogen and oxygen atoms in total. The summed E-state index contributed by atoms with van der Waals surface area (Å²) >= 11 is 1.45. The summed E-state index contributed by atoms with van der Waals surface area (Å²) in [5, 5.41) is 17.2. The van der Waals surface area contributed by atoms with Crippen LogP contribution in [-0.4, -0.2) is 38.2 Å². The van der Waals surface area contributed by atoms with E-state index < -0.39 is 47.7 Å². The van der Waals surface area contributed by atoms with E-state index in [1.54, 1.807) is 6.07 Å². The summed E-state index contributed by atoms with van der Waals surface area (Å²) in [5.41, 5.74) is 0.163. The van der Waals surface area contributed by atoms with Crippen molar-refractivity contribution in [2.75, 3.05) is 5.32 Å². The van der Waals surface area contributed by atoms with Crippen LogP contribution in [0.25, 0.3) is 11.4 Å². The molecule has 2 aromatic heterocycles. The first kappa shape index (κ1) is 19.5. The van der Waals surface area contributed by atoms with Crippen LogP contribution in [0.2, 0.25) is 0 Å². The minimum atomic E-state index is -1.72. The van der Waals surface area contributed by atoms with E-state index in [1.807, 2.05) is 16.1 Å². The lowest BCUT2D eigenvalue weighted by molar-refractivity contribution is -0.154. The van der Waals surface area contributed by atoms with E-state index in [9.17, 15) is 22.8 Å². The van der Waals surface area contributed by atoms with Crippen molar-refractivity contribution in [2.24, 2.45) is 0 Å². The Hall–Kier alpha value is -3.28. The Bertz CT molecular complexity index is 1010. The van der Waals surface area contributed by atoms with E-state index in [0.29, 0.717) is 11.9 Å². The first-order valence-electron chi connectivity index (χ1n) is 7.79. The van der Waals surface area contributed by atoms with Crippen LogP contribution in [0.3, 0.4) is 0 Å². The number of anilines is 1. The van der Waals surface area contributed by atoms with Crippen LogP contribution in [0.5, 0.6) is 0 Å². The summed E-state index contributed by atoms with van der Waals surface area (Å²) in [6.45, 7) is 0.824. The summed E-state index contributed by atoms with van der Waals surface area (Å²) in [6, 6.07) is 3.30. The number of thiophene rings is 1. The summed E-state index contributed by atoms with van der Waals surface area (Å²) in [6.07, 6.45) is -1.33. The van der Waals surface area contributed by atoms with Crippen LogP contribution < -0.4 is 5.32 Å². The highest BCUT2D eigenvalue weighted by Gasteiger charge is 2.22. The van der Waals surface area contributed by atoms with Gasteiger partial charge in [0.25, 0.3) is 5.91 Å². The van der Waals surface area contributed by atoms with E-state index in [-0.39, 0.29) is 0 Å². The van der Waals surface area contributed by atoms with Crippen LogP contribution in [-0.2, 0) is 20.9 Å². The van der Waals surface area contributed by atoms with Gasteiger partial charge in [0.2, 0.25) is 5.82 Å². The molecule has 0 fully saturated rings. The zero-order valence-electron chi connectivity index (χ0n) is 14.2. The molecule has 0 unspecified atom stereocenters. The van der Waals surface area contributed by atoms with Crippen LogP contribution in [0.15, 0.2) is 29.0 Å². The molecule has 0 saturated heterocycles. The summed E-state index contributed by atoms with van der Waals surface area (Å²) in [4.78, 5) is 24.9. The van der Waals surface area contributed by atoms with E-state index >= 15 is 0 Å². The molecule has 0 aliphatic rings. The lowest BCUT2D eigenvalue weighted by atomic mass is 10.2. The Morgan fingerprint density at radius 2 is 2.04 bits per heavy atom. The number of nitrogens with one attached hydrogen (secondary N) is 1. The Labute approximate surface area is 159 Å². The number of carbonyl (C=O) groups is 2. The van der Waals surface area contributed by atoms with Crippen molar-refractivity contribution in [2.45, 2.75) is 19.6 Å². The van der Waals surface area contributed by atoms with Gasteiger partial charge in [0.1, 0.15) is 0 Å². The third-order valence-electron chi connectivity index (χ3n) is 3.47. The zero-order valence-corrected chi connectivity index (χ0v) is 15.0. The molecule has 3 aromatic rings. The molecule has 1 aromatic carbocycles. The quantitative estimate of drug-likeness (QED) is 0.494. The molecule has 12 heteroatoms. The first-order valence-corrected chi connectivity index (χ1v) is 8.73. The monoisotopic (exact) mass is 411 g/mol. The predicted octanol–water partition coefficient (Wildman–Crippen LogP) is 2.39. The van der Waals surface area contributed by atoms with Crippen molar-refractivity contribution in [3.05, 3.63) is 46.4 Å². The fraction of sp³-hybridized carbons (Fsp3) is 0.188. The van der Waals surface area contributed by atoms with Gasteiger partial charge >= 0.3 is 5.97 Å². The molecule has 1 amide bonds. The molecular weight excluding hydrogens is 399 g/mol. The molecule has 0 saturated carbocycles. The van der Waals surface area contributed by atoms with E-state index in [4.69, 9.17) is 4.74 Å². The fourth-order valence-corrected chi connectivity index (χ4v) is 2.71. The number of tetrazole rings is 1. The molecule has 0 aliphatic carbocycles. The second-order valence-electron chi connectivity index (χ2n) is 5.50. The molecule has 0 bridgehead atoms. The van der Waals surface area contributed by atoms with E-state index in [0.717, 1.165) is 16.4 Å². The number of rotatable bonds is 6. The van der Waals surface area contributed by atoms with Gasteiger partial charge in [-0.15, -0.1) is 10.2 Å². The Morgan fingerprint density at radius 1 is 1.25 bits per heavy atom. The maximum atomic E-state index is 13.6. The average molecular weight is 411 g/mol. The number of hydrogen-bond acceptors (Lipinski definition) is 7. The number of hydrogen-bond donors (Lipinski definition) is 1. The number of benzene rings is 1. The second kappa shape index (κ2) is 8.17. The highest BCUT2D eigenvalue weighted by Crippen LogP contribution is 2.20. The molecular formula is C16H12F3N5O3S. The normalized spacial score (nSPS) is 11.9. The Balaban J connectivity index is 1.56. The minimum absolute atomic E-state index is 0.327. The van der Waals surface area contributed by atoms with Gasteiger partial charge < -0.3 is 10.1 Å². The van der Waals surface area contributed by atoms with Gasteiger partial charge in [0.05, 0.1) is 5.69 Å². The SMILES string of the molecule is C[C@H](OC(=O)Cn1nnc(-c2ccsc2)n1)C(=O)Nc1ccc(F)c(F)c1F. The largest absolute Gasteiger partial charge is 0.451 e. The van der Waals surface area contributed by atoms with Gasteiger partial charge in [-0.1, -0.05) is 0 Å². The zero-order chi connectivity index (χ0) is 20.3. The number of aromatic nitrogens is 4. The van der Waals surface area contributed by atoms with E-state index in [2.05, 4.69) is 15.4 Å². The highest BCUT2D eigenvalue weighted by molar-refractivity contribution is 7.08. The van der Waals surface area contributed by atoms with Crippen LogP contribution >= 0.6 is 11.3 Å². The average Bonchev–Trinajstić information content (AvgIpc) is 3.33. The number of halogens is 3. The van der Waals surface area contributed by atoms with Crippen molar-refractivity contribution in [3.63, 3.8) is 0 Å². The Morgan fingerprint density at radius 3 is 2.75 bits per heavy atom. The second-order valence-corrected chi connectivity index (χ2v) is 6.28. The van der Waals surface area contributed by atoms with Crippen molar-refractivity contribution >= 4 is 28.9 Å². The van der Waals surface area contributed by atoms with Crippen molar-refractivity contribution < 1.29 is 27.5 Å². The van der Waals surface area contributed by atoms with Gasteiger partial charge in [0.15, 0.2) is 30.1 Å². The Kier molecular flexibility index (Phi) is 5.68. The molecule has 28 heavy (non-hydrogen) atoms. The summed E-state index contributed by atoms with van der Waals surface area (Å²) < 4.78 is 44.6. The molecule has 0 spiro atoms.